The van der Waals surface area contributed by atoms with Gasteiger partial charge in [0, 0.05) is 30.7 Å². The van der Waals surface area contributed by atoms with Crippen molar-refractivity contribution in [2.75, 3.05) is 35.7 Å². The number of rotatable bonds is 8. The molecule has 0 atom stereocenters. The molecule has 2 rings (SSSR count). The van der Waals surface area contributed by atoms with E-state index >= 15 is 0 Å². The second-order valence-electron chi connectivity index (χ2n) is 5.92. The van der Waals surface area contributed by atoms with Crippen LogP contribution in [-0.2, 0) is 14.6 Å². The van der Waals surface area contributed by atoms with Crippen LogP contribution in [-0.4, -0.2) is 44.9 Å². The quantitative estimate of drug-likeness (QED) is 0.743. The summed E-state index contributed by atoms with van der Waals surface area (Å²) in [5, 5.41) is 2.62. The molecule has 8 heteroatoms. The van der Waals surface area contributed by atoms with E-state index in [1.807, 2.05) is 25.1 Å². The predicted octanol–water partition coefficient (Wildman–Crippen LogP) is 3.26. The predicted molar refractivity (Wildman–Crippen MR) is 106 cm³/mol. The Hall–Kier alpha value is -2.61. The number of ether oxygens (including phenoxy) is 1. The first kappa shape index (κ1) is 20.7. The zero-order valence-corrected chi connectivity index (χ0v) is 16.6. The largest absolute Gasteiger partial charge is 0.448 e. The van der Waals surface area contributed by atoms with E-state index in [4.69, 9.17) is 4.74 Å². The Kier molecular flexibility index (Phi) is 7.18. The number of carbonyl (C=O) groups is 1. The summed E-state index contributed by atoms with van der Waals surface area (Å²) in [7, 11) is -3.58. The third kappa shape index (κ3) is 5.68. The number of anilines is 2. The van der Waals surface area contributed by atoms with Gasteiger partial charge in [-0.3, -0.25) is 5.32 Å². The highest BCUT2D eigenvalue weighted by atomic mass is 32.2. The number of aryl methyl sites for hydroxylation is 1. The molecule has 1 heterocycles. The standard InChI is InChI=1S/C19H25N3O4S/c1-4-22(5-2)16-9-10-17(15(3)14-16)21-19(23)26-12-13-27(24,25)18-8-6-7-11-20-18/h6-11,14H,4-5,12-13H2,1-3H3,(H,21,23). The molecule has 0 fully saturated rings. The lowest BCUT2D eigenvalue weighted by molar-refractivity contribution is 0.168. The fraction of sp³-hybridized carbons (Fsp3) is 0.368. The first-order valence-corrected chi connectivity index (χ1v) is 10.5. The first-order chi connectivity index (χ1) is 12.9. The number of hydrogen-bond acceptors (Lipinski definition) is 6. The molecular formula is C19H25N3O4S. The van der Waals surface area contributed by atoms with E-state index in [1.165, 1.54) is 12.3 Å². The number of aromatic nitrogens is 1. The molecular weight excluding hydrogens is 366 g/mol. The number of carbonyl (C=O) groups excluding carboxylic acids is 1. The molecule has 1 amide bonds. The average Bonchev–Trinajstić information content (AvgIpc) is 2.65. The lowest BCUT2D eigenvalue weighted by Crippen LogP contribution is -2.22. The number of nitrogens with zero attached hydrogens (tertiary/aromatic N) is 2. The van der Waals surface area contributed by atoms with Gasteiger partial charge < -0.3 is 9.64 Å². The molecule has 0 aliphatic rings. The average molecular weight is 391 g/mol. The number of amides is 1. The maximum absolute atomic E-state index is 12.1. The van der Waals surface area contributed by atoms with Crippen LogP contribution in [0.15, 0.2) is 47.6 Å². The Balaban J connectivity index is 1.91. The van der Waals surface area contributed by atoms with E-state index < -0.39 is 15.9 Å². The third-order valence-corrected chi connectivity index (χ3v) is 5.70. The summed E-state index contributed by atoms with van der Waals surface area (Å²) >= 11 is 0. The van der Waals surface area contributed by atoms with Crippen LogP contribution in [0.1, 0.15) is 19.4 Å². The number of nitrogens with one attached hydrogen (secondary N) is 1. The van der Waals surface area contributed by atoms with Crippen molar-refractivity contribution < 1.29 is 17.9 Å². The number of pyridine rings is 1. The summed E-state index contributed by atoms with van der Waals surface area (Å²) in [6.45, 7) is 7.61. The Labute approximate surface area is 160 Å². The van der Waals surface area contributed by atoms with Gasteiger partial charge in [0.15, 0.2) is 14.9 Å². The highest BCUT2D eigenvalue weighted by Gasteiger charge is 2.16. The van der Waals surface area contributed by atoms with Gasteiger partial charge in [-0.1, -0.05) is 6.07 Å². The van der Waals surface area contributed by atoms with Crippen LogP contribution in [0.25, 0.3) is 0 Å². The Morgan fingerprint density at radius 2 is 1.93 bits per heavy atom. The zero-order chi connectivity index (χ0) is 19.9. The van der Waals surface area contributed by atoms with Crippen LogP contribution in [0.5, 0.6) is 0 Å². The van der Waals surface area contributed by atoms with Gasteiger partial charge in [-0.15, -0.1) is 0 Å². The van der Waals surface area contributed by atoms with Crippen LogP contribution in [0, 0.1) is 6.92 Å². The van der Waals surface area contributed by atoms with Gasteiger partial charge in [0.1, 0.15) is 6.61 Å². The van der Waals surface area contributed by atoms with E-state index in [2.05, 4.69) is 29.0 Å². The van der Waals surface area contributed by atoms with Gasteiger partial charge in [-0.2, -0.15) is 0 Å². The van der Waals surface area contributed by atoms with Crippen LogP contribution < -0.4 is 10.2 Å². The second-order valence-corrected chi connectivity index (χ2v) is 7.98. The van der Waals surface area contributed by atoms with Crippen molar-refractivity contribution in [3.8, 4) is 0 Å². The molecule has 1 aromatic heterocycles. The zero-order valence-electron chi connectivity index (χ0n) is 15.8. The molecule has 1 aromatic carbocycles. The third-order valence-electron chi connectivity index (χ3n) is 4.12. The van der Waals surface area contributed by atoms with Gasteiger partial charge in [0.25, 0.3) is 0 Å². The molecule has 146 valence electrons. The highest BCUT2D eigenvalue weighted by Crippen LogP contribution is 2.22. The molecule has 0 radical (unpaired) electrons. The van der Waals surface area contributed by atoms with Crippen LogP contribution in [0.3, 0.4) is 0 Å². The normalized spacial score (nSPS) is 11.1. The van der Waals surface area contributed by atoms with Gasteiger partial charge in [0.2, 0.25) is 0 Å². The molecule has 0 spiro atoms. The Bertz CT molecular complexity index is 866. The molecule has 0 bridgehead atoms. The van der Waals surface area contributed by atoms with Crippen molar-refractivity contribution in [1.82, 2.24) is 4.98 Å². The molecule has 2 aromatic rings. The first-order valence-electron chi connectivity index (χ1n) is 8.80. The molecule has 7 nitrogen and oxygen atoms in total. The monoisotopic (exact) mass is 391 g/mol. The lowest BCUT2D eigenvalue weighted by Gasteiger charge is -2.22. The number of benzene rings is 1. The van der Waals surface area contributed by atoms with Gasteiger partial charge >= 0.3 is 6.09 Å². The van der Waals surface area contributed by atoms with E-state index in [9.17, 15) is 13.2 Å². The van der Waals surface area contributed by atoms with Crippen molar-refractivity contribution in [2.45, 2.75) is 25.8 Å². The minimum Gasteiger partial charge on any atom is -0.448 e. The lowest BCUT2D eigenvalue weighted by atomic mass is 10.1. The van der Waals surface area contributed by atoms with Crippen LogP contribution in [0.4, 0.5) is 16.2 Å². The molecule has 0 aliphatic heterocycles. The van der Waals surface area contributed by atoms with Crippen molar-refractivity contribution in [1.29, 1.82) is 0 Å². The fourth-order valence-corrected chi connectivity index (χ4v) is 3.62. The minimum absolute atomic E-state index is 0.0307. The van der Waals surface area contributed by atoms with Crippen molar-refractivity contribution in [3.05, 3.63) is 48.2 Å². The summed E-state index contributed by atoms with van der Waals surface area (Å²) in [4.78, 5) is 18.0. The summed E-state index contributed by atoms with van der Waals surface area (Å²) in [6, 6.07) is 10.4. The molecule has 0 aliphatic carbocycles. The van der Waals surface area contributed by atoms with Gasteiger partial charge in [-0.05, 0) is 56.7 Å². The topological polar surface area (TPSA) is 88.6 Å². The number of sulfone groups is 1. The maximum Gasteiger partial charge on any atom is 0.411 e. The summed E-state index contributed by atoms with van der Waals surface area (Å²) in [5.41, 5.74) is 2.61. The van der Waals surface area contributed by atoms with E-state index in [0.717, 1.165) is 24.3 Å². The fourth-order valence-electron chi connectivity index (χ4n) is 2.60. The molecule has 0 unspecified atom stereocenters. The molecule has 0 saturated carbocycles. The van der Waals surface area contributed by atoms with Crippen molar-refractivity contribution in [2.24, 2.45) is 0 Å². The van der Waals surface area contributed by atoms with Gasteiger partial charge in [0.05, 0.1) is 5.75 Å². The summed E-state index contributed by atoms with van der Waals surface area (Å²) < 4.78 is 29.2. The molecule has 1 N–H and O–H groups in total. The van der Waals surface area contributed by atoms with E-state index in [1.54, 1.807) is 12.1 Å². The highest BCUT2D eigenvalue weighted by molar-refractivity contribution is 7.91. The molecule has 0 saturated heterocycles. The van der Waals surface area contributed by atoms with Crippen molar-refractivity contribution in [3.63, 3.8) is 0 Å². The van der Waals surface area contributed by atoms with Gasteiger partial charge in [-0.25, -0.2) is 18.2 Å². The van der Waals surface area contributed by atoms with Crippen molar-refractivity contribution >= 4 is 27.3 Å². The maximum atomic E-state index is 12.1. The smallest absolute Gasteiger partial charge is 0.411 e. The van der Waals surface area contributed by atoms with E-state index in [0.29, 0.717) is 5.69 Å². The van der Waals surface area contributed by atoms with Crippen LogP contribution >= 0.6 is 0 Å². The Morgan fingerprint density at radius 1 is 1.19 bits per heavy atom. The number of hydrogen-bond donors (Lipinski definition) is 1. The molecule has 27 heavy (non-hydrogen) atoms. The minimum atomic E-state index is -3.58. The summed E-state index contributed by atoms with van der Waals surface area (Å²) in [6.07, 6.45) is 0.718. The van der Waals surface area contributed by atoms with Crippen LogP contribution in [0.2, 0.25) is 0 Å². The Morgan fingerprint density at radius 3 is 2.52 bits per heavy atom. The summed E-state index contributed by atoms with van der Waals surface area (Å²) in [5.74, 6) is -0.322. The van der Waals surface area contributed by atoms with E-state index in [-0.39, 0.29) is 17.4 Å². The SMILES string of the molecule is CCN(CC)c1ccc(NC(=O)OCCS(=O)(=O)c2ccccn2)c(C)c1. The second kappa shape index (κ2) is 9.36.